The lowest BCUT2D eigenvalue weighted by Gasteiger charge is -2.15. The Morgan fingerprint density at radius 3 is 1.67 bits per heavy atom. The normalized spacial score (nSPS) is 14.2. The van der Waals surface area contributed by atoms with Crippen molar-refractivity contribution in [2.24, 2.45) is 0 Å². The molecule has 0 fully saturated rings. The van der Waals surface area contributed by atoms with Crippen LogP contribution in [-0.2, 0) is 0 Å². The third kappa shape index (κ3) is 4.83. The van der Waals surface area contributed by atoms with Crippen molar-refractivity contribution in [3.8, 4) is 0 Å². The predicted molar refractivity (Wildman–Crippen MR) is 98.3 cm³/mol. The van der Waals surface area contributed by atoms with E-state index in [1.54, 1.807) is 0 Å². The Bertz CT molecular complexity index is 560. The molecule has 24 heavy (non-hydrogen) atoms. The fourth-order valence-corrected chi connectivity index (χ4v) is 2.58. The van der Waals surface area contributed by atoms with Gasteiger partial charge >= 0.3 is 0 Å². The average molecular weight is 326 g/mol. The minimum atomic E-state index is 0.358. The number of rotatable bonds is 7. The number of nitrogens with zero attached hydrogens (tertiary/aromatic N) is 4. The van der Waals surface area contributed by atoms with Crippen LogP contribution in [0.4, 0.5) is 0 Å². The molecule has 0 aliphatic heterocycles. The van der Waals surface area contributed by atoms with Crippen molar-refractivity contribution in [1.29, 1.82) is 0 Å². The zero-order valence-electron chi connectivity index (χ0n) is 15.8. The van der Waals surface area contributed by atoms with Gasteiger partial charge in [0, 0.05) is 30.7 Å². The molecule has 0 saturated carbocycles. The van der Waals surface area contributed by atoms with Crippen LogP contribution in [0.25, 0.3) is 0 Å². The van der Waals surface area contributed by atoms with Gasteiger partial charge in [-0.1, -0.05) is 41.5 Å². The van der Waals surface area contributed by atoms with E-state index in [1.165, 1.54) is 5.56 Å². The second-order valence-electron chi connectivity index (χ2n) is 7.43. The maximum absolute atomic E-state index is 4.59. The standard InChI is InChI=1S/C20H30N4/c1-13(2)17-9-23-20(24-10-17)16(6)8-7-15(5)19-12-21-18(11-22-19)14(3)4/h9-16H,7-8H2,1-6H3. The van der Waals surface area contributed by atoms with Crippen LogP contribution in [0.5, 0.6) is 0 Å². The lowest BCUT2D eigenvalue weighted by atomic mass is 9.95. The maximum atomic E-state index is 4.59. The Labute approximate surface area is 146 Å². The lowest BCUT2D eigenvalue weighted by Crippen LogP contribution is -2.06. The summed E-state index contributed by atoms with van der Waals surface area (Å²) in [6.45, 7) is 13.0. The zero-order valence-corrected chi connectivity index (χ0v) is 15.8. The van der Waals surface area contributed by atoms with Crippen LogP contribution >= 0.6 is 0 Å². The van der Waals surface area contributed by atoms with Gasteiger partial charge in [-0.05, 0) is 36.2 Å². The Hall–Kier alpha value is -1.84. The molecule has 2 rings (SSSR count). The summed E-state index contributed by atoms with van der Waals surface area (Å²) in [5.41, 5.74) is 3.32. The first-order valence-electron chi connectivity index (χ1n) is 9.02. The Balaban J connectivity index is 1.91. The van der Waals surface area contributed by atoms with Crippen LogP contribution < -0.4 is 0 Å². The number of hydrogen-bond donors (Lipinski definition) is 0. The van der Waals surface area contributed by atoms with Crippen molar-refractivity contribution in [2.45, 2.75) is 78.1 Å². The molecule has 2 aromatic rings. The van der Waals surface area contributed by atoms with Gasteiger partial charge < -0.3 is 0 Å². The molecule has 4 heteroatoms. The van der Waals surface area contributed by atoms with Gasteiger partial charge in [0.05, 0.1) is 11.4 Å². The Kier molecular flexibility index (Phi) is 6.41. The first-order chi connectivity index (χ1) is 11.4. The molecule has 2 aromatic heterocycles. The number of aromatic nitrogens is 4. The van der Waals surface area contributed by atoms with Gasteiger partial charge in [0.1, 0.15) is 5.82 Å². The van der Waals surface area contributed by atoms with Crippen molar-refractivity contribution in [2.75, 3.05) is 0 Å². The highest BCUT2D eigenvalue weighted by molar-refractivity contribution is 5.12. The SMILES string of the molecule is CC(C)c1cnc(C(C)CCC(C)c2cnc(C(C)C)cn2)nc1. The molecule has 2 unspecified atom stereocenters. The molecule has 0 N–H and O–H groups in total. The monoisotopic (exact) mass is 326 g/mol. The van der Waals surface area contributed by atoms with E-state index < -0.39 is 0 Å². The molecule has 0 spiro atoms. The van der Waals surface area contributed by atoms with E-state index >= 15 is 0 Å². The molecular weight excluding hydrogens is 296 g/mol. The molecule has 0 aliphatic carbocycles. The quantitative estimate of drug-likeness (QED) is 0.701. The first kappa shape index (κ1) is 18.5. The molecule has 0 aromatic carbocycles. The number of hydrogen-bond acceptors (Lipinski definition) is 4. The van der Waals surface area contributed by atoms with Crippen LogP contribution in [0.15, 0.2) is 24.8 Å². The van der Waals surface area contributed by atoms with Crippen molar-refractivity contribution in [1.82, 2.24) is 19.9 Å². The fourth-order valence-electron chi connectivity index (χ4n) is 2.58. The van der Waals surface area contributed by atoms with Crippen molar-refractivity contribution in [3.05, 3.63) is 47.6 Å². The van der Waals surface area contributed by atoms with Crippen LogP contribution in [0.3, 0.4) is 0 Å². The van der Waals surface area contributed by atoms with Gasteiger partial charge in [0.2, 0.25) is 0 Å². The minimum absolute atomic E-state index is 0.358. The van der Waals surface area contributed by atoms with Crippen LogP contribution in [0, 0.1) is 0 Å². The van der Waals surface area contributed by atoms with E-state index in [0.29, 0.717) is 23.7 Å². The van der Waals surface area contributed by atoms with Gasteiger partial charge in [-0.2, -0.15) is 0 Å². The molecule has 0 radical (unpaired) electrons. The summed E-state index contributed by atoms with van der Waals surface area (Å²) in [6.07, 6.45) is 9.88. The molecule has 2 heterocycles. The van der Waals surface area contributed by atoms with Crippen molar-refractivity contribution < 1.29 is 0 Å². The summed E-state index contributed by atoms with van der Waals surface area (Å²) in [5.74, 6) is 2.59. The molecule has 4 nitrogen and oxygen atoms in total. The fraction of sp³-hybridized carbons (Fsp3) is 0.600. The molecule has 0 saturated heterocycles. The smallest absolute Gasteiger partial charge is 0.131 e. The molecule has 2 atom stereocenters. The molecule has 130 valence electrons. The third-order valence-electron chi connectivity index (χ3n) is 4.62. The Morgan fingerprint density at radius 2 is 1.17 bits per heavy atom. The highest BCUT2D eigenvalue weighted by Gasteiger charge is 2.14. The third-order valence-corrected chi connectivity index (χ3v) is 4.62. The summed E-state index contributed by atoms with van der Waals surface area (Å²) in [6, 6.07) is 0. The van der Waals surface area contributed by atoms with E-state index in [1.807, 2.05) is 24.8 Å². The second-order valence-corrected chi connectivity index (χ2v) is 7.43. The van der Waals surface area contributed by atoms with E-state index in [2.05, 4.69) is 61.5 Å². The zero-order chi connectivity index (χ0) is 17.7. The lowest BCUT2D eigenvalue weighted by molar-refractivity contribution is 0.545. The molecule has 0 amide bonds. The van der Waals surface area contributed by atoms with Gasteiger partial charge in [-0.25, -0.2) is 9.97 Å². The first-order valence-corrected chi connectivity index (χ1v) is 9.02. The van der Waals surface area contributed by atoms with Gasteiger partial charge in [-0.3, -0.25) is 9.97 Å². The van der Waals surface area contributed by atoms with Crippen molar-refractivity contribution >= 4 is 0 Å². The maximum Gasteiger partial charge on any atom is 0.131 e. The highest BCUT2D eigenvalue weighted by Crippen LogP contribution is 2.25. The minimum Gasteiger partial charge on any atom is -0.258 e. The van der Waals surface area contributed by atoms with Crippen LogP contribution in [0.1, 0.15) is 101 Å². The largest absolute Gasteiger partial charge is 0.258 e. The summed E-state index contributed by atoms with van der Waals surface area (Å²) in [7, 11) is 0. The molecular formula is C20H30N4. The topological polar surface area (TPSA) is 51.6 Å². The summed E-state index contributed by atoms with van der Waals surface area (Å²) >= 11 is 0. The summed E-state index contributed by atoms with van der Waals surface area (Å²) in [4.78, 5) is 18.2. The van der Waals surface area contributed by atoms with Gasteiger partial charge in [-0.15, -0.1) is 0 Å². The van der Waals surface area contributed by atoms with Crippen molar-refractivity contribution in [3.63, 3.8) is 0 Å². The molecule has 0 bridgehead atoms. The highest BCUT2D eigenvalue weighted by atomic mass is 14.9. The summed E-state index contributed by atoms with van der Waals surface area (Å²) < 4.78 is 0. The summed E-state index contributed by atoms with van der Waals surface area (Å²) in [5, 5.41) is 0. The van der Waals surface area contributed by atoms with E-state index in [9.17, 15) is 0 Å². The van der Waals surface area contributed by atoms with E-state index in [-0.39, 0.29) is 0 Å². The van der Waals surface area contributed by atoms with Crippen LogP contribution in [-0.4, -0.2) is 19.9 Å². The van der Waals surface area contributed by atoms with E-state index in [0.717, 1.165) is 30.1 Å². The predicted octanol–water partition coefficient (Wildman–Crippen LogP) is 5.20. The average Bonchev–Trinajstić information content (AvgIpc) is 2.59. The second kappa shape index (κ2) is 8.32. The van der Waals surface area contributed by atoms with E-state index in [4.69, 9.17) is 0 Å². The molecule has 0 aliphatic rings. The van der Waals surface area contributed by atoms with Crippen LogP contribution in [0.2, 0.25) is 0 Å². The van der Waals surface area contributed by atoms with Gasteiger partial charge in [0.15, 0.2) is 0 Å². The Morgan fingerprint density at radius 1 is 0.625 bits per heavy atom. The van der Waals surface area contributed by atoms with Gasteiger partial charge in [0.25, 0.3) is 0 Å².